The number of nitrogens with one attached hydrogen (secondary N) is 1. The van der Waals surface area contributed by atoms with Gasteiger partial charge in [-0.25, -0.2) is 9.37 Å². The highest BCUT2D eigenvalue weighted by Crippen LogP contribution is 2.30. The fourth-order valence-electron chi connectivity index (χ4n) is 1.28. The van der Waals surface area contributed by atoms with Gasteiger partial charge in [0.25, 0.3) is 5.56 Å². The second-order valence-electron chi connectivity index (χ2n) is 3.44. The molecule has 0 spiro atoms. The van der Waals surface area contributed by atoms with Gasteiger partial charge in [0.15, 0.2) is 16.6 Å². The zero-order chi connectivity index (χ0) is 14.9. The lowest BCUT2D eigenvalue weighted by molar-refractivity contribution is -0.387. The Morgan fingerprint density at radius 1 is 1.35 bits per heavy atom. The van der Waals surface area contributed by atoms with Crippen molar-refractivity contribution in [3.63, 3.8) is 0 Å². The molecule has 1 aromatic heterocycles. The van der Waals surface area contributed by atoms with E-state index >= 15 is 0 Å². The molecule has 2 rings (SSSR count). The van der Waals surface area contributed by atoms with E-state index in [2.05, 4.69) is 9.97 Å². The van der Waals surface area contributed by atoms with E-state index in [1.807, 2.05) is 0 Å². The molecule has 0 aliphatic heterocycles. The van der Waals surface area contributed by atoms with Crippen molar-refractivity contribution >= 4 is 17.3 Å². The summed E-state index contributed by atoms with van der Waals surface area (Å²) in [6, 6.07) is 0.818. The van der Waals surface area contributed by atoms with Crippen LogP contribution in [0, 0.1) is 21.7 Å². The molecule has 10 heteroatoms. The minimum atomic E-state index is -1.30. The van der Waals surface area contributed by atoms with Gasteiger partial charge in [-0.1, -0.05) is 11.6 Å². The molecule has 0 fully saturated rings. The van der Waals surface area contributed by atoms with E-state index in [0.29, 0.717) is 12.1 Å². The van der Waals surface area contributed by atoms with Crippen molar-refractivity contribution in [3.8, 4) is 11.6 Å². The van der Waals surface area contributed by atoms with Crippen LogP contribution in [0.1, 0.15) is 0 Å². The number of hydrogen-bond acceptors (Lipinski definition) is 5. The number of nitro groups is 1. The smallest absolute Gasteiger partial charge is 0.307 e. The van der Waals surface area contributed by atoms with Gasteiger partial charge in [0.05, 0.1) is 17.3 Å². The first-order chi connectivity index (χ1) is 9.40. The van der Waals surface area contributed by atoms with Crippen LogP contribution in [0.4, 0.5) is 14.5 Å². The van der Waals surface area contributed by atoms with E-state index in [0.717, 1.165) is 6.33 Å². The molecule has 0 aliphatic carbocycles. The predicted molar refractivity (Wildman–Crippen MR) is 63.0 cm³/mol. The second kappa shape index (κ2) is 5.21. The largest absolute Gasteiger partial charge is 0.434 e. The Kier molecular flexibility index (Phi) is 3.61. The number of benzene rings is 1. The zero-order valence-electron chi connectivity index (χ0n) is 9.39. The maximum atomic E-state index is 13.6. The lowest BCUT2D eigenvalue weighted by Crippen LogP contribution is -2.08. The molecule has 2 aromatic rings. The van der Waals surface area contributed by atoms with E-state index in [9.17, 15) is 23.7 Å². The molecule has 7 nitrogen and oxygen atoms in total. The Bertz CT molecular complexity index is 750. The second-order valence-corrected chi connectivity index (χ2v) is 3.82. The summed E-state index contributed by atoms with van der Waals surface area (Å²) in [6.07, 6.45) is 0.948. The lowest BCUT2D eigenvalue weighted by Gasteiger charge is -2.06. The summed E-state index contributed by atoms with van der Waals surface area (Å²) >= 11 is 5.56. The van der Waals surface area contributed by atoms with Crippen LogP contribution in [0.15, 0.2) is 23.3 Å². The number of aromatic amines is 1. The molecule has 0 unspecified atom stereocenters. The Balaban J connectivity index is 2.45. The third-order valence-electron chi connectivity index (χ3n) is 2.17. The average Bonchev–Trinajstić information content (AvgIpc) is 2.38. The molecule has 0 amide bonds. The first-order valence-corrected chi connectivity index (χ1v) is 5.32. The fraction of sp³-hybridized carbons (Fsp3) is 0. The van der Waals surface area contributed by atoms with E-state index < -0.39 is 44.5 Å². The highest BCUT2D eigenvalue weighted by atomic mass is 35.5. The molecule has 1 N–H and O–H groups in total. The zero-order valence-corrected chi connectivity index (χ0v) is 10.1. The Morgan fingerprint density at radius 3 is 2.70 bits per heavy atom. The summed E-state index contributed by atoms with van der Waals surface area (Å²) in [4.78, 5) is 26.2. The van der Waals surface area contributed by atoms with E-state index in [1.54, 1.807) is 0 Å². The third-order valence-corrected chi connectivity index (χ3v) is 2.50. The molecule has 0 radical (unpaired) electrons. The van der Waals surface area contributed by atoms with E-state index in [1.165, 1.54) is 0 Å². The number of H-pyrrole nitrogens is 1. The van der Waals surface area contributed by atoms with Gasteiger partial charge in [-0.15, -0.1) is 0 Å². The Labute approximate surface area is 113 Å². The van der Waals surface area contributed by atoms with Crippen LogP contribution in [-0.2, 0) is 0 Å². The number of aromatic nitrogens is 2. The molecule has 1 aromatic carbocycles. The van der Waals surface area contributed by atoms with Crippen LogP contribution < -0.4 is 10.3 Å². The molecule has 104 valence electrons. The minimum absolute atomic E-state index is 0.353. The molecule has 0 bridgehead atoms. The monoisotopic (exact) mass is 303 g/mol. The van der Waals surface area contributed by atoms with Crippen molar-refractivity contribution in [1.29, 1.82) is 0 Å². The normalized spacial score (nSPS) is 10.3. The number of nitro benzene ring substituents is 1. The Morgan fingerprint density at radius 2 is 2.05 bits per heavy atom. The summed E-state index contributed by atoms with van der Waals surface area (Å²) in [5.41, 5.74) is -1.78. The predicted octanol–water partition coefficient (Wildman–Crippen LogP) is 2.40. The van der Waals surface area contributed by atoms with Gasteiger partial charge in [0, 0.05) is 6.07 Å². The van der Waals surface area contributed by atoms with Crippen LogP contribution >= 0.6 is 11.6 Å². The summed E-state index contributed by atoms with van der Waals surface area (Å²) in [6.45, 7) is 0. The molecule has 0 saturated carbocycles. The summed E-state index contributed by atoms with van der Waals surface area (Å²) < 4.78 is 31.7. The quantitative estimate of drug-likeness (QED) is 0.693. The van der Waals surface area contributed by atoms with Crippen LogP contribution in [-0.4, -0.2) is 14.9 Å². The summed E-state index contributed by atoms with van der Waals surface area (Å²) in [5.74, 6) is -3.64. The van der Waals surface area contributed by atoms with Crippen molar-refractivity contribution < 1.29 is 18.4 Å². The topological polar surface area (TPSA) is 98.1 Å². The molecule has 0 aliphatic rings. The van der Waals surface area contributed by atoms with Gasteiger partial charge in [-0.05, 0) is 0 Å². The number of hydrogen-bond donors (Lipinski definition) is 1. The standard InChI is InChI=1S/C10H4ClF2N3O4/c11-8-9(17)14-3-15-10(8)20-7-2-4(12)6(16(18)19)1-5(7)13/h1-3H,(H,14,15,17). The van der Waals surface area contributed by atoms with Crippen molar-refractivity contribution in [3.05, 3.63) is 55.6 Å². The molecule has 0 atom stereocenters. The first-order valence-electron chi connectivity index (χ1n) is 4.94. The van der Waals surface area contributed by atoms with Crippen molar-refractivity contribution in [2.24, 2.45) is 0 Å². The lowest BCUT2D eigenvalue weighted by atomic mass is 10.3. The third kappa shape index (κ3) is 2.57. The molecule has 0 saturated heterocycles. The maximum absolute atomic E-state index is 13.6. The summed E-state index contributed by atoms with van der Waals surface area (Å²) in [7, 11) is 0. The van der Waals surface area contributed by atoms with Crippen molar-refractivity contribution in [2.75, 3.05) is 0 Å². The van der Waals surface area contributed by atoms with Crippen LogP contribution in [0.25, 0.3) is 0 Å². The summed E-state index contributed by atoms with van der Waals surface area (Å²) in [5, 5.41) is 9.95. The minimum Gasteiger partial charge on any atom is -0.434 e. The van der Waals surface area contributed by atoms with Crippen LogP contribution in [0.2, 0.25) is 5.02 Å². The molecule has 1 heterocycles. The highest BCUT2D eigenvalue weighted by Gasteiger charge is 2.21. The van der Waals surface area contributed by atoms with Crippen LogP contribution in [0.3, 0.4) is 0 Å². The molecular weight excluding hydrogens is 300 g/mol. The fourth-order valence-corrected chi connectivity index (χ4v) is 1.42. The maximum Gasteiger partial charge on any atom is 0.307 e. The average molecular weight is 304 g/mol. The van der Waals surface area contributed by atoms with Gasteiger partial charge in [0.1, 0.15) is 0 Å². The van der Waals surface area contributed by atoms with Gasteiger partial charge >= 0.3 is 5.69 Å². The molecule has 20 heavy (non-hydrogen) atoms. The number of ether oxygens (including phenoxy) is 1. The molecular formula is C10H4ClF2N3O4. The SMILES string of the molecule is O=c1[nH]cnc(Oc2cc(F)c([N+](=O)[O-])cc2F)c1Cl. The first kappa shape index (κ1) is 13.9. The van der Waals surface area contributed by atoms with Gasteiger partial charge in [-0.3, -0.25) is 14.9 Å². The van der Waals surface area contributed by atoms with Crippen molar-refractivity contribution in [2.45, 2.75) is 0 Å². The van der Waals surface area contributed by atoms with Gasteiger partial charge in [-0.2, -0.15) is 4.39 Å². The number of nitrogens with zero attached hydrogens (tertiary/aromatic N) is 2. The van der Waals surface area contributed by atoms with Gasteiger partial charge in [0.2, 0.25) is 11.7 Å². The van der Waals surface area contributed by atoms with E-state index in [4.69, 9.17) is 16.3 Å². The highest BCUT2D eigenvalue weighted by molar-refractivity contribution is 6.31. The number of rotatable bonds is 3. The van der Waals surface area contributed by atoms with Gasteiger partial charge < -0.3 is 9.72 Å². The van der Waals surface area contributed by atoms with Crippen molar-refractivity contribution in [1.82, 2.24) is 9.97 Å². The van der Waals surface area contributed by atoms with E-state index in [-0.39, 0.29) is 0 Å². The number of halogens is 3. The Hall–Kier alpha value is -2.55. The van der Waals surface area contributed by atoms with Crippen LogP contribution in [0.5, 0.6) is 11.6 Å².